The van der Waals surface area contributed by atoms with Crippen LogP contribution in [0.1, 0.15) is 21.3 Å². The Kier molecular flexibility index (Phi) is 5.36. The van der Waals surface area contributed by atoms with Crippen LogP contribution in [0.25, 0.3) is 0 Å². The number of aromatic nitrogens is 2. The minimum Gasteiger partial charge on any atom is -0.365 e. The third-order valence-corrected chi connectivity index (χ3v) is 4.10. The summed E-state index contributed by atoms with van der Waals surface area (Å²) in [5, 5.41) is 6.69. The molecule has 0 bridgehead atoms. The molecule has 0 unspecified atom stereocenters. The Bertz CT molecular complexity index is 438. The molecule has 21 heavy (non-hydrogen) atoms. The van der Waals surface area contributed by atoms with E-state index >= 15 is 0 Å². The van der Waals surface area contributed by atoms with Crippen LogP contribution in [0.4, 0.5) is 11.8 Å². The van der Waals surface area contributed by atoms with Gasteiger partial charge in [-0.2, -0.15) is 4.98 Å². The number of anilines is 2. The summed E-state index contributed by atoms with van der Waals surface area (Å²) < 4.78 is 0. The summed E-state index contributed by atoms with van der Waals surface area (Å²) in [5.41, 5.74) is 0. The van der Waals surface area contributed by atoms with Gasteiger partial charge in [-0.05, 0) is 19.9 Å². The smallest absolute Gasteiger partial charge is 0.227 e. The molecule has 1 aromatic heterocycles. The molecule has 3 heterocycles. The van der Waals surface area contributed by atoms with E-state index in [1.165, 1.54) is 0 Å². The van der Waals surface area contributed by atoms with Crippen molar-refractivity contribution in [3.63, 3.8) is 0 Å². The number of rotatable bonds is 4. The van der Waals surface area contributed by atoms with Gasteiger partial charge < -0.3 is 15.5 Å². The molecule has 2 N–H and O–H groups in total. The zero-order valence-corrected chi connectivity index (χ0v) is 12.3. The fourth-order valence-corrected chi connectivity index (χ4v) is 2.62. The summed E-state index contributed by atoms with van der Waals surface area (Å²) in [6, 6.07) is 3.08. The highest BCUT2D eigenvalue weighted by Crippen LogP contribution is 2.15. The van der Waals surface area contributed by atoms with Gasteiger partial charge in [0.2, 0.25) is 5.95 Å². The van der Waals surface area contributed by atoms with Gasteiger partial charge in [0.05, 0.1) is 6.04 Å². The zero-order valence-electron chi connectivity index (χ0n) is 12.3. The fourth-order valence-electron chi connectivity index (χ4n) is 2.62. The molecule has 0 aliphatic carbocycles. The monoisotopic (exact) mass is 292 g/mol. The van der Waals surface area contributed by atoms with E-state index in [1.807, 2.05) is 12.3 Å². The maximum absolute atomic E-state index is 4.65. The molecule has 0 aromatic carbocycles. The Hall–Kier alpha value is -1.40. The first-order valence-corrected chi connectivity index (χ1v) is 7.51. The molecule has 118 valence electrons. The molecule has 0 amide bonds. The quantitative estimate of drug-likeness (QED) is 0.864. The van der Waals surface area contributed by atoms with E-state index in [0.717, 1.165) is 51.0 Å². The van der Waals surface area contributed by atoms with Gasteiger partial charge in [-0.25, -0.2) is 4.98 Å². The molecule has 0 spiro atoms. The lowest BCUT2D eigenvalue weighted by molar-refractivity contribution is 0.208. The van der Waals surface area contributed by atoms with Crippen LogP contribution < -0.4 is 15.5 Å². The lowest BCUT2D eigenvalue weighted by Crippen LogP contribution is -2.51. The van der Waals surface area contributed by atoms with E-state index in [0.29, 0.717) is 12.1 Å². The molecule has 2 fully saturated rings. The normalized spacial score (nSPS) is 20.0. The van der Waals surface area contributed by atoms with Gasteiger partial charge in [-0.1, -0.05) is 7.43 Å². The summed E-state index contributed by atoms with van der Waals surface area (Å²) in [6.07, 6.45) is 1.85. The van der Waals surface area contributed by atoms with Gasteiger partial charge in [0, 0.05) is 51.5 Å². The van der Waals surface area contributed by atoms with Gasteiger partial charge in [0.25, 0.3) is 0 Å². The van der Waals surface area contributed by atoms with E-state index in [4.69, 9.17) is 0 Å². The van der Waals surface area contributed by atoms with Crippen molar-refractivity contribution >= 4 is 11.8 Å². The van der Waals surface area contributed by atoms with Crippen LogP contribution in [-0.4, -0.2) is 66.2 Å². The predicted octanol–water partition coefficient (Wildman–Crippen LogP) is 1.03. The minimum atomic E-state index is 0. The highest BCUT2D eigenvalue weighted by Gasteiger charge is 2.21. The highest BCUT2D eigenvalue weighted by atomic mass is 15.3. The summed E-state index contributed by atoms with van der Waals surface area (Å²) in [4.78, 5) is 13.8. The Morgan fingerprint density at radius 3 is 2.52 bits per heavy atom. The molecule has 0 saturated carbocycles. The molecular formula is C15H28N6. The zero-order chi connectivity index (χ0) is 13.9. The van der Waals surface area contributed by atoms with Crippen molar-refractivity contribution < 1.29 is 0 Å². The first-order valence-electron chi connectivity index (χ1n) is 7.51. The number of hydrogen-bond acceptors (Lipinski definition) is 6. The molecule has 0 radical (unpaired) electrons. The highest BCUT2D eigenvalue weighted by molar-refractivity contribution is 5.42. The van der Waals surface area contributed by atoms with Gasteiger partial charge in [0.1, 0.15) is 5.82 Å². The van der Waals surface area contributed by atoms with Crippen molar-refractivity contribution in [2.45, 2.75) is 33.4 Å². The van der Waals surface area contributed by atoms with E-state index in [9.17, 15) is 0 Å². The van der Waals surface area contributed by atoms with Crippen molar-refractivity contribution in [1.82, 2.24) is 20.2 Å². The first-order chi connectivity index (χ1) is 9.72. The SMILES string of the molecule is C.CC(C)N1CCN(c2nccc(NC3CNC3)n2)CC1. The molecule has 2 aliphatic heterocycles. The lowest BCUT2D eigenvalue weighted by atomic mass is 10.2. The van der Waals surface area contributed by atoms with Crippen molar-refractivity contribution in [3.8, 4) is 0 Å². The summed E-state index contributed by atoms with van der Waals surface area (Å²) >= 11 is 0. The van der Waals surface area contributed by atoms with Gasteiger partial charge in [-0.15, -0.1) is 0 Å². The van der Waals surface area contributed by atoms with Crippen LogP contribution in [0, 0.1) is 0 Å². The summed E-state index contributed by atoms with van der Waals surface area (Å²) in [6.45, 7) is 10.7. The van der Waals surface area contributed by atoms with Crippen LogP contribution >= 0.6 is 0 Å². The maximum atomic E-state index is 4.65. The third kappa shape index (κ3) is 3.83. The molecule has 6 nitrogen and oxygen atoms in total. The van der Waals surface area contributed by atoms with E-state index in [2.05, 4.69) is 44.2 Å². The first kappa shape index (κ1) is 16.0. The summed E-state index contributed by atoms with van der Waals surface area (Å²) in [5.74, 6) is 1.79. The second-order valence-electron chi connectivity index (χ2n) is 5.86. The van der Waals surface area contributed by atoms with Crippen LogP contribution in [0.5, 0.6) is 0 Å². The average molecular weight is 292 g/mol. The lowest BCUT2D eigenvalue weighted by Gasteiger charge is -2.37. The Balaban J connectivity index is 0.00000161. The molecule has 0 atom stereocenters. The Morgan fingerprint density at radius 2 is 1.95 bits per heavy atom. The van der Waals surface area contributed by atoms with Gasteiger partial charge in [-0.3, -0.25) is 4.90 Å². The molecule has 3 rings (SSSR count). The number of nitrogens with one attached hydrogen (secondary N) is 2. The largest absolute Gasteiger partial charge is 0.365 e. The van der Waals surface area contributed by atoms with Crippen molar-refractivity contribution in [2.75, 3.05) is 49.5 Å². The average Bonchev–Trinajstić information content (AvgIpc) is 2.43. The maximum Gasteiger partial charge on any atom is 0.227 e. The Morgan fingerprint density at radius 1 is 1.24 bits per heavy atom. The molecule has 2 saturated heterocycles. The van der Waals surface area contributed by atoms with Crippen LogP contribution in [0.2, 0.25) is 0 Å². The molecule has 2 aliphatic rings. The second-order valence-corrected chi connectivity index (χ2v) is 5.86. The van der Waals surface area contributed by atoms with Gasteiger partial charge >= 0.3 is 0 Å². The van der Waals surface area contributed by atoms with Crippen LogP contribution in [-0.2, 0) is 0 Å². The van der Waals surface area contributed by atoms with Crippen LogP contribution in [0.15, 0.2) is 12.3 Å². The van der Waals surface area contributed by atoms with E-state index in [-0.39, 0.29) is 7.43 Å². The molecule has 1 aromatic rings. The van der Waals surface area contributed by atoms with Crippen molar-refractivity contribution in [2.24, 2.45) is 0 Å². The number of piperazine rings is 1. The fraction of sp³-hybridized carbons (Fsp3) is 0.733. The predicted molar refractivity (Wildman–Crippen MR) is 88.0 cm³/mol. The topological polar surface area (TPSA) is 56.3 Å². The van der Waals surface area contributed by atoms with Gasteiger partial charge in [0.15, 0.2) is 0 Å². The second kappa shape index (κ2) is 7.04. The minimum absolute atomic E-state index is 0. The Labute approximate surface area is 127 Å². The summed E-state index contributed by atoms with van der Waals surface area (Å²) in [7, 11) is 0. The van der Waals surface area contributed by atoms with Crippen molar-refractivity contribution in [1.29, 1.82) is 0 Å². The molecular weight excluding hydrogens is 264 g/mol. The molecule has 6 heteroatoms. The van der Waals surface area contributed by atoms with E-state index in [1.54, 1.807) is 0 Å². The third-order valence-electron chi connectivity index (χ3n) is 4.10. The number of hydrogen-bond donors (Lipinski definition) is 2. The van der Waals surface area contributed by atoms with E-state index < -0.39 is 0 Å². The van der Waals surface area contributed by atoms with Crippen molar-refractivity contribution in [3.05, 3.63) is 12.3 Å². The number of nitrogens with zero attached hydrogens (tertiary/aromatic N) is 4. The van der Waals surface area contributed by atoms with Crippen LogP contribution in [0.3, 0.4) is 0 Å². The standard InChI is InChI=1S/C14H24N6.CH4/c1-11(2)19-5-7-20(8-6-19)14-16-4-3-13(18-14)17-12-9-15-10-12;/h3-4,11-12,15H,5-10H2,1-2H3,(H,16,17,18);1H4.